The lowest BCUT2D eigenvalue weighted by atomic mass is 10.2. The summed E-state index contributed by atoms with van der Waals surface area (Å²) in [5.41, 5.74) is 0.898. The molecule has 0 aliphatic carbocycles. The Morgan fingerprint density at radius 1 is 1.23 bits per heavy atom. The Morgan fingerprint density at radius 2 is 2.15 bits per heavy atom. The first-order valence-electron chi connectivity index (χ1n) is 7.95. The Balaban J connectivity index is 1.73. The molecule has 1 aromatic carbocycles. The molecule has 0 atom stereocenters. The van der Waals surface area contributed by atoms with Crippen molar-refractivity contribution < 1.29 is 4.42 Å². The second-order valence-corrected chi connectivity index (χ2v) is 7.82. The molecule has 0 N–H and O–H groups in total. The van der Waals surface area contributed by atoms with Crippen LogP contribution in [0.3, 0.4) is 0 Å². The normalized spacial score (nSPS) is 11.2. The second kappa shape index (κ2) is 7.61. The third-order valence-electron chi connectivity index (χ3n) is 3.64. The predicted molar refractivity (Wildman–Crippen MR) is 102 cm³/mol. The molecule has 0 saturated carbocycles. The lowest BCUT2D eigenvalue weighted by Gasteiger charge is -2.08. The first-order valence-corrected chi connectivity index (χ1v) is 9.91. The van der Waals surface area contributed by atoms with Gasteiger partial charge in [-0.25, -0.2) is 4.98 Å². The molecule has 0 fully saturated rings. The zero-order chi connectivity index (χ0) is 17.9. The highest BCUT2D eigenvalue weighted by Crippen LogP contribution is 2.32. The van der Waals surface area contributed by atoms with Gasteiger partial charge in [0.25, 0.3) is 0 Å². The fourth-order valence-corrected chi connectivity index (χ4v) is 4.23. The largest absolute Gasteiger partial charge is 0.467 e. The van der Waals surface area contributed by atoms with Crippen molar-refractivity contribution in [3.8, 4) is 11.4 Å². The van der Waals surface area contributed by atoms with Crippen molar-refractivity contribution in [2.75, 3.05) is 0 Å². The van der Waals surface area contributed by atoms with Crippen molar-refractivity contribution in [2.24, 2.45) is 0 Å². The maximum Gasteiger partial charge on any atom is 0.199 e. The number of aromatic nitrogens is 5. The van der Waals surface area contributed by atoms with Crippen LogP contribution in [0.4, 0.5) is 0 Å². The van der Waals surface area contributed by atoms with Crippen LogP contribution < -0.4 is 0 Å². The fraction of sp³-hybridized carbons (Fsp3) is 0.176. The molecule has 0 bridgehead atoms. The Bertz CT molecular complexity index is 1010. The minimum Gasteiger partial charge on any atom is -0.467 e. The van der Waals surface area contributed by atoms with Crippen LogP contribution in [0.15, 0.2) is 56.6 Å². The van der Waals surface area contributed by atoms with Crippen LogP contribution in [-0.4, -0.2) is 24.1 Å². The number of nitrogens with zero attached hydrogens (tertiary/aromatic N) is 5. The highest BCUT2D eigenvalue weighted by atomic mass is 35.5. The van der Waals surface area contributed by atoms with E-state index in [2.05, 4.69) is 19.6 Å². The van der Waals surface area contributed by atoms with Gasteiger partial charge in [-0.15, -0.1) is 10.2 Å². The summed E-state index contributed by atoms with van der Waals surface area (Å²) in [6.45, 7) is 2.55. The van der Waals surface area contributed by atoms with Crippen LogP contribution in [0.2, 0.25) is 5.02 Å². The van der Waals surface area contributed by atoms with Crippen molar-refractivity contribution >= 4 is 34.9 Å². The number of furan rings is 1. The van der Waals surface area contributed by atoms with Gasteiger partial charge < -0.3 is 4.42 Å². The Labute approximate surface area is 163 Å². The van der Waals surface area contributed by atoms with E-state index in [9.17, 15) is 0 Å². The Kier molecular flexibility index (Phi) is 5.05. The molecule has 6 nitrogen and oxygen atoms in total. The minimum absolute atomic E-state index is 0.517. The quantitative estimate of drug-likeness (QED) is 0.460. The molecule has 132 valence electrons. The van der Waals surface area contributed by atoms with Crippen molar-refractivity contribution in [3.05, 3.63) is 59.3 Å². The van der Waals surface area contributed by atoms with Crippen molar-refractivity contribution in [2.45, 2.75) is 29.4 Å². The molecular formula is C17H14ClN5OS2. The number of aryl methyl sites for hydroxylation is 1. The van der Waals surface area contributed by atoms with E-state index in [4.69, 9.17) is 16.0 Å². The van der Waals surface area contributed by atoms with E-state index in [1.165, 1.54) is 23.3 Å². The van der Waals surface area contributed by atoms with E-state index in [1.54, 1.807) is 6.26 Å². The summed E-state index contributed by atoms with van der Waals surface area (Å²) in [7, 11) is 0. The van der Waals surface area contributed by atoms with E-state index in [-0.39, 0.29) is 0 Å². The van der Waals surface area contributed by atoms with Gasteiger partial charge in [0.1, 0.15) is 11.6 Å². The molecule has 0 saturated heterocycles. The highest BCUT2D eigenvalue weighted by molar-refractivity contribution is 8.00. The molecular weight excluding hydrogens is 390 g/mol. The summed E-state index contributed by atoms with van der Waals surface area (Å²) in [4.78, 5) is 4.50. The van der Waals surface area contributed by atoms with Gasteiger partial charge in [0.15, 0.2) is 15.3 Å². The molecule has 0 radical (unpaired) electrons. The van der Waals surface area contributed by atoms with Gasteiger partial charge in [-0.05, 0) is 47.6 Å². The molecule has 0 aliphatic rings. The van der Waals surface area contributed by atoms with Crippen LogP contribution in [0.25, 0.3) is 11.4 Å². The Morgan fingerprint density at radius 3 is 2.88 bits per heavy atom. The fourth-order valence-electron chi connectivity index (χ4n) is 2.41. The standard InChI is InChI=1S/C17H14ClN5OS2/c1-2-14-19-17(26-22-14)25-16-21-20-15(11-5-3-6-12(18)9-11)23(16)10-13-7-4-8-24-13/h3-9H,2,10H2,1H3. The summed E-state index contributed by atoms with van der Waals surface area (Å²) in [5, 5.41) is 10.1. The molecule has 9 heteroatoms. The molecule has 26 heavy (non-hydrogen) atoms. The number of halogens is 1. The average Bonchev–Trinajstić information content (AvgIpc) is 3.38. The van der Waals surface area contributed by atoms with Gasteiger partial charge in [0, 0.05) is 17.0 Å². The average molecular weight is 404 g/mol. The van der Waals surface area contributed by atoms with Crippen molar-refractivity contribution in [3.63, 3.8) is 0 Å². The molecule has 3 heterocycles. The first kappa shape index (κ1) is 17.3. The van der Waals surface area contributed by atoms with E-state index in [1.807, 2.05) is 47.9 Å². The number of hydrogen-bond donors (Lipinski definition) is 0. The smallest absolute Gasteiger partial charge is 0.199 e. The van der Waals surface area contributed by atoms with Gasteiger partial charge in [0.2, 0.25) is 0 Å². The van der Waals surface area contributed by atoms with E-state index in [0.29, 0.717) is 11.6 Å². The summed E-state index contributed by atoms with van der Waals surface area (Å²) < 4.78 is 12.7. The van der Waals surface area contributed by atoms with Gasteiger partial charge >= 0.3 is 0 Å². The van der Waals surface area contributed by atoms with Gasteiger partial charge in [-0.1, -0.05) is 30.7 Å². The minimum atomic E-state index is 0.517. The number of rotatable bonds is 6. The van der Waals surface area contributed by atoms with Gasteiger partial charge in [-0.3, -0.25) is 4.57 Å². The van der Waals surface area contributed by atoms with E-state index in [0.717, 1.165) is 38.9 Å². The maximum absolute atomic E-state index is 6.15. The lowest BCUT2D eigenvalue weighted by Crippen LogP contribution is -2.03. The zero-order valence-electron chi connectivity index (χ0n) is 13.8. The molecule has 0 aliphatic heterocycles. The lowest BCUT2D eigenvalue weighted by molar-refractivity contribution is 0.485. The van der Waals surface area contributed by atoms with E-state index >= 15 is 0 Å². The topological polar surface area (TPSA) is 69.6 Å². The maximum atomic E-state index is 6.15. The van der Waals surface area contributed by atoms with Crippen LogP contribution in [-0.2, 0) is 13.0 Å². The summed E-state index contributed by atoms with van der Waals surface area (Å²) in [6, 6.07) is 11.4. The monoisotopic (exact) mass is 403 g/mol. The first-order chi connectivity index (χ1) is 12.7. The van der Waals surface area contributed by atoms with Crippen LogP contribution in [0.5, 0.6) is 0 Å². The molecule has 3 aromatic heterocycles. The summed E-state index contributed by atoms with van der Waals surface area (Å²) in [6.07, 6.45) is 2.47. The molecule has 0 spiro atoms. The van der Waals surface area contributed by atoms with Crippen molar-refractivity contribution in [1.29, 1.82) is 0 Å². The van der Waals surface area contributed by atoms with Crippen LogP contribution >= 0.6 is 34.9 Å². The van der Waals surface area contributed by atoms with E-state index < -0.39 is 0 Å². The molecule has 4 aromatic rings. The third kappa shape index (κ3) is 3.67. The van der Waals surface area contributed by atoms with Gasteiger partial charge in [-0.2, -0.15) is 4.37 Å². The molecule has 0 amide bonds. The summed E-state index contributed by atoms with van der Waals surface area (Å²) in [5.74, 6) is 2.39. The predicted octanol–water partition coefficient (Wildman–Crippen LogP) is 4.80. The van der Waals surface area contributed by atoms with Crippen LogP contribution in [0.1, 0.15) is 18.5 Å². The second-order valence-electron chi connectivity index (χ2n) is 5.41. The van der Waals surface area contributed by atoms with Gasteiger partial charge in [0.05, 0.1) is 12.8 Å². The zero-order valence-corrected chi connectivity index (χ0v) is 16.2. The number of hydrogen-bond acceptors (Lipinski definition) is 7. The van der Waals surface area contributed by atoms with Crippen molar-refractivity contribution in [1.82, 2.24) is 24.1 Å². The molecule has 0 unspecified atom stereocenters. The SMILES string of the molecule is CCc1nsc(Sc2nnc(-c3cccc(Cl)c3)n2Cc2ccco2)n1. The molecule has 4 rings (SSSR count). The summed E-state index contributed by atoms with van der Waals surface area (Å²) >= 11 is 8.97. The Hall–Kier alpha value is -2.16. The highest BCUT2D eigenvalue weighted by Gasteiger charge is 2.18. The number of benzene rings is 1. The van der Waals surface area contributed by atoms with Crippen LogP contribution in [0, 0.1) is 0 Å². The third-order valence-corrected chi connectivity index (χ3v) is 5.65.